The molecule has 0 aliphatic heterocycles. The summed E-state index contributed by atoms with van der Waals surface area (Å²) in [5, 5.41) is 0. The minimum atomic E-state index is 0.0827. The Balaban J connectivity index is 3.08. The Kier molecular flexibility index (Phi) is 9.30. The van der Waals surface area contributed by atoms with Crippen LogP contribution in [0.3, 0.4) is 0 Å². The van der Waals surface area contributed by atoms with Gasteiger partial charge in [-0.3, -0.25) is 4.79 Å². The van der Waals surface area contributed by atoms with Gasteiger partial charge >= 0.3 is 0 Å². The molecule has 0 aliphatic carbocycles. The van der Waals surface area contributed by atoms with Gasteiger partial charge < -0.3 is 14.2 Å². The minimum Gasteiger partial charge on any atom is -0.382 e. The lowest BCUT2D eigenvalue weighted by Gasteiger charge is -2.02. The van der Waals surface area contributed by atoms with Crippen LogP contribution in [-0.4, -0.2) is 45.9 Å². The monoisotopic (exact) mass is 190 g/mol. The molecule has 0 saturated heterocycles. The molecule has 0 aromatic carbocycles. The molecule has 4 heteroatoms. The van der Waals surface area contributed by atoms with E-state index in [2.05, 4.69) is 0 Å². The summed E-state index contributed by atoms with van der Waals surface area (Å²) in [6, 6.07) is 0. The van der Waals surface area contributed by atoms with Crippen LogP contribution in [0.5, 0.6) is 0 Å². The molecule has 0 amide bonds. The summed E-state index contributed by atoms with van der Waals surface area (Å²) in [6.45, 7) is 4.20. The van der Waals surface area contributed by atoms with Crippen molar-refractivity contribution in [3.63, 3.8) is 0 Å². The number of Topliss-reactive ketones (excluding diaryl/α,β-unsaturated/α-hetero) is 1. The highest BCUT2D eigenvalue weighted by atomic mass is 16.5. The van der Waals surface area contributed by atoms with Crippen molar-refractivity contribution < 1.29 is 19.0 Å². The second-order valence-electron chi connectivity index (χ2n) is 2.53. The van der Waals surface area contributed by atoms with E-state index in [9.17, 15) is 4.79 Å². The first kappa shape index (κ1) is 12.6. The summed E-state index contributed by atoms with van der Waals surface area (Å²) in [7, 11) is 1.61. The van der Waals surface area contributed by atoms with Crippen LogP contribution in [0.1, 0.15) is 13.3 Å². The summed E-state index contributed by atoms with van der Waals surface area (Å²) in [6.07, 6.45) is 0.420. The average molecular weight is 190 g/mol. The third-order valence-corrected chi connectivity index (χ3v) is 1.42. The lowest BCUT2D eigenvalue weighted by molar-refractivity contribution is -0.124. The van der Waals surface area contributed by atoms with E-state index in [0.717, 1.165) is 0 Å². The fourth-order valence-corrected chi connectivity index (χ4v) is 0.718. The quantitative estimate of drug-likeness (QED) is 0.501. The predicted molar refractivity (Wildman–Crippen MR) is 48.8 cm³/mol. The highest BCUT2D eigenvalue weighted by Gasteiger charge is 2.00. The third kappa shape index (κ3) is 9.46. The fraction of sp³-hybridized carbons (Fsp3) is 0.889. The highest BCUT2D eigenvalue weighted by molar-refractivity contribution is 5.79. The summed E-state index contributed by atoms with van der Waals surface area (Å²) in [4.78, 5) is 11.0. The Morgan fingerprint density at radius 1 is 1.15 bits per heavy atom. The van der Waals surface area contributed by atoms with Crippen molar-refractivity contribution in [3.05, 3.63) is 0 Å². The first-order valence-corrected chi connectivity index (χ1v) is 4.47. The van der Waals surface area contributed by atoms with E-state index in [1.165, 1.54) is 0 Å². The molecule has 0 atom stereocenters. The lowest BCUT2D eigenvalue weighted by Crippen LogP contribution is -2.12. The molecule has 4 nitrogen and oxygen atoms in total. The molecular weight excluding hydrogens is 172 g/mol. The third-order valence-electron chi connectivity index (χ3n) is 1.42. The van der Waals surface area contributed by atoms with E-state index in [4.69, 9.17) is 14.2 Å². The summed E-state index contributed by atoms with van der Waals surface area (Å²) >= 11 is 0. The smallest absolute Gasteiger partial charge is 0.160 e. The molecule has 13 heavy (non-hydrogen) atoms. The number of carbonyl (C=O) groups is 1. The van der Waals surface area contributed by atoms with Crippen LogP contribution >= 0.6 is 0 Å². The Labute approximate surface area is 79.2 Å². The molecule has 0 spiro atoms. The van der Waals surface area contributed by atoms with Gasteiger partial charge in [0.25, 0.3) is 0 Å². The Hall–Kier alpha value is -0.450. The Morgan fingerprint density at radius 3 is 2.54 bits per heavy atom. The van der Waals surface area contributed by atoms with Gasteiger partial charge in [0.05, 0.1) is 19.8 Å². The van der Waals surface area contributed by atoms with Crippen LogP contribution in [0.4, 0.5) is 0 Å². The number of hydrogen-bond acceptors (Lipinski definition) is 4. The van der Waals surface area contributed by atoms with Crippen LogP contribution in [0.25, 0.3) is 0 Å². The molecule has 0 rings (SSSR count). The molecule has 0 radical (unpaired) electrons. The van der Waals surface area contributed by atoms with Crippen molar-refractivity contribution in [1.29, 1.82) is 0 Å². The first-order valence-electron chi connectivity index (χ1n) is 4.47. The number of rotatable bonds is 9. The standard InChI is InChI=1S/C9H18O4/c1-3-12-8-9(10)4-5-13-7-6-11-2/h3-8H2,1-2H3. The number of hydrogen-bond donors (Lipinski definition) is 0. The van der Waals surface area contributed by atoms with Crippen LogP contribution in [0.2, 0.25) is 0 Å². The molecule has 0 aromatic rings. The van der Waals surface area contributed by atoms with Crippen LogP contribution < -0.4 is 0 Å². The van der Waals surface area contributed by atoms with Gasteiger partial charge in [-0.25, -0.2) is 0 Å². The highest BCUT2D eigenvalue weighted by Crippen LogP contribution is 1.87. The summed E-state index contributed by atoms with van der Waals surface area (Å²) < 4.78 is 14.8. The second-order valence-corrected chi connectivity index (χ2v) is 2.53. The van der Waals surface area contributed by atoms with Crippen molar-refractivity contribution in [2.24, 2.45) is 0 Å². The van der Waals surface area contributed by atoms with E-state index >= 15 is 0 Å². The van der Waals surface area contributed by atoms with Gasteiger partial charge in [0.2, 0.25) is 0 Å². The van der Waals surface area contributed by atoms with E-state index in [0.29, 0.717) is 32.8 Å². The molecular formula is C9H18O4. The van der Waals surface area contributed by atoms with Gasteiger partial charge in [0.1, 0.15) is 6.61 Å². The van der Waals surface area contributed by atoms with Crippen LogP contribution in [0.15, 0.2) is 0 Å². The maximum atomic E-state index is 11.0. The molecule has 0 fully saturated rings. The molecule has 0 saturated carbocycles. The SMILES string of the molecule is CCOCC(=O)CCOCCOC. The molecule has 0 aliphatic rings. The second kappa shape index (κ2) is 9.64. The zero-order valence-electron chi connectivity index (χ0n) is 8.38. The van der Waals surface area contributed by atoms with Gasteiger partial charge in [0, 0.05) is 20.1 Å². The van der Waals surface area contributed by atoms with Crippen molar-refractivity contribution in [3.8, 4) is 0 Å². The Bertz CT molecular complexity index is 125. The molecule has 78 valence electrons. The number of methoxy groups -OCH3 is 1. The molecule has 0 aromatic heterocycles. The van der Waals surface area contributed by atoms with E-state index in [1.54, 1.807) is 7.11 Å². The van der Waals surface area contributed by atoms with Crippen molar-refractivity contribution >= 4 is 5.78 Å². The average Bonchev–Trinajstić information content (AvgIpc) is 2.14. The van der Waals surface area contributed by atoms with Crippen molar-refractivity contribution in [2.45, 2.75) is 13.3 Å². The maximum Gasteiger partial charge on any atom is 0.160 e. The van der Waals surface area contributed by atoms with Gasteiger partial charge in [0.15, 0.2) is 5.78 Å². The molecule has 0 heterocycles. The summed E-state index contributed by atoms with van der Waals surface area (Å²) in [5.41, 5.74) is 0. The topological polar surface area (TPSA) is 44.8 Å². The van der Waals surface area contributed by atoms with Crippen molar-refractivity contribution in [1.82, 2.24) is 0 Å². The van der Waals surface area contributed by atoms with Gasteiger partial charge in [-0.05, 0) is 6.92 Å². The molecule has 0 bridgehead atoms. The number of ketones is 1. The molecule has 0 N–H and O–H groups in total. The van der Waals surface area contributed by atoms with Crippen molar-refractivity contribution in [2.75, 3.05) is 40.1 Å². The predicted octanol–water partition coefficient (Wildman–Crippen LogP) is 0.645. The van der Waals surface area contributed by atoms with Gasteiger partial charge in [-0.1, -0.05) is 0 Å². The molecule has 0 unspecified atom stereocenters. The normalized spacial score (nSPS) is 10.3. The fourth-order valence-electron chi connectivity index (χ4n) is 0.718. The minimum absolute atomic E-state index is 0.0827. The van der Waals surface area contributed by atoms with E-state index in [-0.39, 0.29) is 12.4 Å². The zero-order chi connectivity index (χ0) is 9.94. The van der Waals surface area contributed by atoms with E-state index in [1.807, 2.05) is 6.92 Å². The Morgan fingerprint density at radius 2 is 1.92 bits per heavy atom. The van der Waals surface area contributed by atoms with Gasteiger partial charge in [-0.15, -0.1) is 0 Å². The van der Waals surface area contributed by atoms with Gasteiger partial charge in [-0.2, -0.15) is 0 Å². The first-order chi connectivity index (χ1) is 6.31. The zero-order valence-corrected chi connectivity index (χ0v) is 8.38. The maximum absolute atomic E-state index is 11.0. The number of ether oxygens (including phenoxy) is 3. The van der Waals surface area contributed by atoms with E-state index < -0.39 is 0 Å². The lowest BCUT2D eigenvalue weighted by atomic mass is 10.3. The van der Waals surface area contributed by atoms with Crippen LogP contribution in [0, 0.1) is 0 Å². The largest absolute Gasteiger partial charge is 0.382 e. The number of carbonyl (C=O) groups excluding carboxylic acids is 1. The summed E-state index contributed by atoms with van der Waals surface area (Å²) in [5.74, 6) is 0.0827. The van der Waals surface area contributed by atoms with Crippen LogP contribution in [-0.2, 0) is 19.0 Å².